The van der Waals surface area contributed by atoms with Crippen molar-refractivity contribution in [3.05, 3.63) is 29.3 Å². The quantitative estimate of drug-likeness (QED) is 0.777. The Hall–Kier alpha value is -1.30. The van der Waals surface area contributed by atoms with Gasteiger partial charge in [0.25, 0.3) is 0 Å². The first-order valence-electron chi connectivity index (χ1n) is 7.11. The number of β-amino-alcohol motifs (C(OH)–C–C–N with tert-alkyl or cyclic N) is 1. The second-order valence-electron chi connectivity index (χ2n) is 5.27. The highest BCUT2D eigenvalue weighted by Gasteiger charge is 2.29. The molecule has 2 atom stereocenters. The van der Waals surface area contributed by atoms with Gasteiger partial charge in [-0.25, -0.2) is 0 Å². The van der Waals surface area contributed by atoms with Gasteiger partial charge in [0.2, 0.25) is 5.91 Å². The van der Waals surface area contributed by atoms with Gasteiger partial charge >= 0.3 is 0 Å². The monoisotopic (exact) mass is 312 g/mol. The van der Waals surface area contributed by atoms with Crippen LogP contribution >= 0.6 is 11.6 Å². The number of amides is 1. The van der Waals surface area contributed by atoms with E-state index < -0.39 is 6.10 Å². The fourth-order valence-corrected chi connectivity index (χ4v) is 2.43. The summed E-state index contributed by atoms with van der Waals surface area (Å²) < 4.78 is 5.58. The molecular formula is C15H21ClN2O3. The molecule has 1 aromatic rings. The number of hydrogen-bond acceptors (Lipinski definition) is 4. The Morgan fingerprint density at radius 2 is 2.19 bits per heavy atom. The van der Waals surface area contributed by atoms with Crippen LogP contribution in [0.15, 0.2) is 24.3 Å². The fraction of sp³-hybridized carbons (Fsp3) is 0.533. The standard InChI is InChI=1S/C15H21ClN2O3/c1-18(15(20)14-9-12(19)10-17-14)7-2-8-21-13-5-3-11(16)4-6-13/h3-6,12,14,17,19H,2,7-10H2,1H3. The smallest absolute Gasteiger partial charge is 0.239 e. The number of carbonyl (C=O) groups is 1. The zero-order chi connectivity index (χ0) is 15.2. The lowest BCUT2D eigenvalue weighted by atomic mass is 10.2. The highest BCUT2D eigenvalue weighted by atomic mass is 35.5. The van der Waals surface area contributed by atoms with Gasteiger partial charge in [0.15, 0.2) is 0 Å². The Kier molecular flexibility index (Phi) is 5.85. The predicted molar refractivity (Wildman–Crippen MR) is 81.6 cm³/mol. The minimum atomic E-state index is -0.416. The van der Waals surface area contributed by atoms with Gasteiger partial charge in [-0.1, -0.05) is 11.6 Å². The second-order valence-corrected chi connectivity index (χ2v) is 5.70. The third-order valence-corrected chi connectivity index (χ3v) is 3.75. The molecule has 0 radical (unpaired) electrons. The van der Waals surface area contributed by atoms with Crippen LogP contribution in [0, 0.1) is 0 Å². The molecule has 1 amide bonds. The van der Waals surface area contributed by atoms with E-state index in [9.17, 15) is 9.90 Å². The average Bonchev–Trinajstić information content (AvgIpc) is 2.91. The number of nitrogens with one attached hydrogen (secondary N) is 1. The van der Waals surface area contributed by atoms with Crippen LogP contribution in [0.25, 0.3) is 0 Å². The van der Waals surface area contributed by atoms with Crippen LogP contribution in [0.5, 0.6) is 5.75 Å². The molecule has 0 aromatic heterocycles. The van der Waals surface area contributed by atoms with E-state index >= 15 is 0 Å². The molecule has 1 heterocycles. The topological polar surface area (TPSA) is 61.8 Å². The lowest BCUT2D eigenvalue weighted by Gasteiger charge is -2.21. The average molecular weight is 313 g/mol. The first-order chi connectivity index (χ1) is 10.1. The highest BCUT2D eigenvalue weighted by Crippen LogP contribution is 2.15. The molecule has 2 N–H and O–H groups in total. The van der Waals surface area contributed by atoms with Gasteiger partial charge in [0, 0.05) is 25.2 Å². The van der Waals surface area contributed by atoms with Crippen LogP contribution in [0.2, 0.25) is 5.02 Å². The summed E-state index contributed by atoms with van der Waals surface area (Å²) in [5.41, 5.74) is 0. The summed E-state index contributed by atoms with van der Waals surface area (Å²) in [7, 11) is 1.77. The largest absolute Gasteiger partial charge is 0.494 e. The van der Waals surface area contributed by atoms with Gasteiger partial charge in [-0.3, -0.25) is 4.79 Å². The fourth-order valence-electron chi connectivity index (χ4n) is 2.30. The molecule has 0 aliphatic carbocycles. The van der Waals surface area contributed by atoms with E-state index in [0.717, 1.165) is 12.2 Å². The van der Waals surface area contributed by atoms with Gasteiger partial charge < -0.3 is 20.1 Å². The molecular weight excluding hydrogens is 292 g/mol. The van der Waals surface area contributed by atoms with Crippen LogP contribution in [0.1, 0.15) is 12.8 Å². The number of aliphatic hydroxyl groups excluding tert-OH is 1. The predicted octanol–water partition coefficient (Wildman–Crippen LogP) is 1.29. The van der Waals surface area contributed by atoms with Gasteiger partial charge in [-0.15, -0.1) is 0 Å². The number of ether oxygens (including phenoxy) is 1. The third kappa shape index (κ3) is 4.88. The number of hydrogen-bond donors (Lipinski definition) is 2. The summed E-state index contributed by atoms with van der Waals surface area (Å²) in [4.78, 5) is 13.8. The number of rotatable bonds is 6. The maximum absolute atomic E-state index is 12.1. The second kappa shape index (κ2) is 7.64. The molecule has 1 saturated heterocycles. The van der Waals surface area contributed by atoms with Crippen molar-refractivity contribution in [3.8, 4) is 5.75 Å². The summed E-state index contributed by atoms with van der Waals surface area (Å²) in [6.45, 7) is 1.66. The van der Waals surface area contributed by atoms with Crippen LogP contribution in [-0.4, -0.2) is 54.8 Å². The normalized spacial score (nSPS) is 21.3. The lowest BCUT2D eigenvalue weighted by molar-refractivity contribution is -0.132. The van der Waals surface area contributed by atoms with Crippen molar-refractivity contribution in [2.75, 3.05) is 26.7 Å². The van der Waals surface area contributed by atoms with Gasteiger partial charge in [-0.2, -0.15) is 0 Å². The molecule has 1 aliphatic rings. The van der Waals surface area contributed by atoms with Gasteiger partial charge in [0.1, 0.15) is 5.75 Å². The maximum Gasteiger partial charge on any atom is 0.239 e. The van der Waals surface area contributed by atoms with E-state index in [-0.39, 0.29) is 11.9 Å². The van der Waals surface area contributed by atoms with E-state index in [0.29, 0.717) is 31.1 Å². The van der Waals surface area contributed by atoms with Crippen molar-refractivity contribution in [1.82, 2.24) is 10.2 Å². The van der Waals surface area contributed by atoms with Crippen molar-refractivity contribution in [3.63, 3.8) is 0 Å². The molecule has 1 aliphatic heterocycles. The Morgan fingerprint density at radius 1 is 1.48 bits per heavy atom. The van der Waals surface area contributed by atoms with Gasteiger partial charge in [-0.05, 0) is 37.1 Å². The van der Waals surface area contributed by atoms with E-state index in [4.69, 9.17) is 16.3 Å². The minimum absolute atomic E-state index is 0.0260. The van der Waals surface area contributed by atoms with Crippen molar-refractivity contribution < 1.29 is 14.6 Å². The number of halogens is 1. The van der Waals surface area contributed by atoms with Crippen LogP contribution < -0.4 is 10.1 Å². The van der Waals surface area contributed by atoms with Gasteiger partial charge in [0.05, 0.1) is 18.8 Å². The number of benzene rings is 1. The molecule has 1 aromatic carbocycles. The summed E-state index contributed by atoms with van der Waals surface area (Å²) in [6.07, 6.45) is 0.825. The first kappa shape index (κ1) is 16.1. The Balaban J connectivity index is 1.66. The van der Waals surface area contributed by atoms with Crippen LogP contribution in [0.3, 0.4) is 0 Å². The molecule has 2 rings (SSSR count). The zero-order valence-corrected chi connectivity index (χ0v) is 12.8. The zero-order valence-electron chi connectivity index (χ0n) is 12.1. The van der Waals surface area contributed by atoms with E-state index in [1.807, 2.05) is 12.1 Å². The van der Waals surface area contributed by atoms with Crippen LogP contribution in [0.4, 0.5) is 0 Å². The Morgan fingerprint density at radius 3 is 2.81 bits per heavy atom. The molecule has 0 saturated carbocycles. The number of likely N-dealkylation sites (N-methyl/N-ethyl adjacent to an activating group) is 1. The molecule has 1 fully saturated rings. The maximum atomic E-state index is 12.1. The molecule has 5 nitrogen and oxygen atoms in total. The number of nitrogens with zero attached hydrogens (tertiary/aromatic N) is 1. The summed E-state index contributed by atoms with van der Waals surface area (Å²) in [5.74, 6) is 0.798. The molecule has 0 bridgehead atoms. The third-order valence-electron chi connectivity index (χ3n) is 3.50. The van der Waals surface area contributed by atoms with Crippen LogP contribution in [-0.2, 0) is 4.79 Å². The highest BCUT2D eigenvalue weighted by molar-refractivity contribution is 6.30. The molecule has 6 heteroatoms. The van der Waals surface area contributed by atoms with Crippen molar-refractivity contribution in [2.45, 2.75) is 25.0 Å². The Labute approximate surface area is 129 Å². The molecule has 0 spiro atoms. The van der Waals surface area contributed by atoms with Crippen molar-refractivity contribution in [1.29, 1.82) is 0 Å². The lowest BCUT2D eigenvalue weighted by Crippen LogP contribution is -2.42. The first-order valence-corrected chi connectivity index (χ1v) is 7.49. The molecule has 2 unspecified atom stereocenters. The molecule has 116 valence electrons. The SMILES string of the molecule is CN(CCCOc1ccc(Cl)cc1)C(=O)C1CC(O)CN1. The summed E-state index contributed by atoms with van der Waals surface area (Å²) >= 11 is 5.80. The number of aliphatic hydroxyl groups is 1. The minimum Gasteiger partial charge on any atom is -0.494 e. The Bertz CT molecular complexity index is 466. The van der Waals surface area contributed by atoms with Crippen molar-refractivity contribution in [2.24, 2.45) is 0 Å². The van der Waals surface area contributed by atoms with E-state index in [2.05, 4.69) is 5.32 Å². The van der Waals surface area contributed by atoms with Crippen molar-refractivity contribution >= 4 is 17.5 Å². The van der Waals surface area contributed by atoms with E-state index in [1.54, 1.807) is 24.1 Å². The molecule has 21 heavy (non-hydrogen) atoms. The summed E-state index contributed by atoms with van der Waals surface area (Å²) in [6, 6.07) is 6.94. The number of carbonyl (C=O) groups excluding carboxylic acids is 1. The summed E-state index contributed by atoms with van der Waals surface area (Å²) in [5, 5.41) is 13.1. The van der Waals surface area contributed by atoms with E-state index in [1.165, 1.54) is 0 Å².